The second-order valence-electron chi connectivity index (χ2n) is 7.76. The van der Waals surface area contributed by atoms with Gasteiger partial charge in [-0.05, 0) is 36.1 Å². The van der Waals surface area contributed by atoms with Crippen LogP contribution in [0.1, 0.15) is 16.8 Å². The fourth-order valence-electron chi connectivity index (χ4n) is 4.10. The maximum absolute atomic E-state index is 12.9. The zero-order chi connectivity index (χ0) is 21.5. The largest absolute Gasteiger partial charge is 0.372 e. The molecule has 0 unspecified atom stereocenters. The number of anilines is 2. The molecule has 1 atom stereocenters. The van der Waals surface area contributed by atoms with Gasteiger partial charge in [-0.15, -0.1) is 5.10 Å². The zero-order valence-corrected chi connectivity index (χ0v) is 17.4. The van der Waals surface area contributed by atoms with Crippen LogP contribution in [0.3, 0.4) is 0 Å². The number of imidazole rings is 1. The number of rotatable bonds is 4. The predicted molar refractivity (Wildman–Crippen MR) is 120 cm³/mol. The molecule has 1 aromatic carbocycles. The fourth-order valence-corrected chi connectivity index (χ4v) is 4.10. The normalized spacial score (nSPS) is 16.2. The molecule has 0 bridgehead atoms. The summed E-state index contributed by atoms with van der Waals surface area (Å²) in [6.45, 7) is 1.40. The molecular formula is C22H23N7O2. The Labute approximate surface area is 178 Å². The van der Waals surface area contributed by atoms with Crippen molar-refractivity contribution >= 4 is 34.1 Å². The Hall–Kier alpha value is -3.88. The Morgan fingerprint density at radius 3 is 2.87 bits per heavy atom. The molecule has 1 fully saturated rings. The summed E-state index contributed by atoms with van der Waals surface area (Å²) in [5, 5.41) is 11.5. The van der Waals surface area contributed by atoms with Gasteiger partial charge < -0.3 is 20.1 Å². The van der Waals surface area contributed by atoms with E-state index >= 15 is 0 Å². The first-order valence-corrected chi connectivity index (χ1v) is 10.2. The van der Waals surface area contributed by atoms with E-state index in [4.69, 9.17) is 0 Å². The topological polar surface area (TPSA) is 96.6 Å². The molecule has 0 saturated carbocycles. The lowest BCUT2D eigenvalue weighted by molar-refractivity contribution is 0.0938. The number of aromatic nitrogens is 4. The number of benzene rings is 1. The van der Waals surface area contributed by atoms with Crippen LogP contribution in [-0.2, 0) is 7.05 Å². The van der Waals surface area contributed by atoms with Crippen molar-refractivity contribution in [2.24, 2.45) is 7.05 Å². The number of pyridine rings is 1. The smallest absolute Gasteiger partial charge is 0.263 e. The molecule has 0 radical (unpaired) electrons. The van der Waals surface area contributed by atoms with Crippen molar-refractivity contribution in [2.75, 3.05) is 30.4 Å². The lowest BCUT2D eigenvalue weighted by Gasteiger charge is -2.18. The van der Waals surface area contributed by atoms with Crippen molar-refractivity contribution in [3.8, 4) is 0 Å². The third-order valence-electron chi connectivity index (χ3n) is 5.79. The number of hydrogen-bond acceptors (Lipinski definition) is 6. The number of para-hydroxylation sites is 1. The molecule has 3 aromatic heterocycles. The second kappa shape index (κ2) is 7.42. The second-order valence-corrected chi connectivity index (χ2v) is 7.76. The maximum Gasteiger partial charge on any atom is 0.263 e. The Balaban J connectivity index is 1.33. The molecule has 1 saturated heterocycles. The Morgan fingerprint density at radius 1 is 1.19 bits per heavy atom. The minimum atomic E-state index is -0.338. The fraction of sp³-hybridized carbons (Fsp3) is 0.273. The number of hydrogen-bond donors (Lipinski definition) is 2. The van der Waals surface area contributed by atoms with Crippen LogP contribution in [0.2, 0.25) is 0 Å². The van der Waals surface area contributed by atoms with Crippen molar-refractivity contribution in [1.29, 1.82) is 0 Å². The molecule has 4 aromatic rings. The molecule has 9 heteroatoms. The highest BCUT2D eigenvalue weighted by atomic mass is 16.2. The molecule has 5 rings (SSSR count). The minimum absolute atomic E-state index is 0.0585. The number of nitrogens with zero attached hydrogens (tertiary/aromatic N) is 5. The molecule has 1 aliphatic rings. The number of carbonyl (C=O) groups is 1. The van der Waals surface area contributed by atoms with Gasteiger partial charge in [0.25, 0.3) is 11.5 Å². The van der Waals surface area contributed by atoms with Crippen LogP contribution in [0.4, 0.5) is 11.6 Å². The lowest BCUT2D eigenvalue weighted by atomic mass is 10.1. The van der Waals surface area contributed by atoms with Crippen molar-refractivity contribution in [3.05, 3.63) is 64.6 Å². The van der Waals surface area contributed by atoms with Crippen molar-refractivity contribution in [3.63, 3.8) is 0 Å². The first-order valence-electron chi connectivity index (χ1n) is 10.2. The van der Waals surface area contributed by atoms with E-state index in [1.807, 2.05) is 49.6 Å². The van der Waals surface area contributed by atoms with Crippen LogP contribution in [0.5, 0.6) is 0 Å². The van der Waals surface area contributed by atoms with Crippen molar-refractivity contribution in [1.82, 2.24) is 24.5 Å². The molecule has 2 N–H and O–H groups in total. The van der Waals surface area contributed by atoms with Crippen LogP contribution >= 0.6 is 0 Å². The van der Waals surface area contributed by atoms with Gasteiger partial charge in [-0.3, -0.25) is 9.59 Å². The van der Waals surface area contributed by atoms with Gasteiger partial charge in [0.2, 0.25) is 0 Å². The summed E-state index contributed by atoms with van der Waals surface area (Å²) in [5.41, 5.74) is 1.44. The van der Waals surface area contributed by atoms with Gasteiger partial charge in [0, 0.05) is 33.2 Å². The van der Waals surface area contributed by atoms with Gasteiger partial charge in [-0.25, -0.2) is 9.50 Å². The summed E-state index contributed by atoms with van der Waals surface area (Å²) in [7, 11) is 3.51. The van der Waals surface area contributed by atoms with Crippen LogP contribution in [-0.4, -0.2) is 51.3 Å². The van der Waals surface area contributed by atoms with E-state index in [0.717, 1.165) is 41.2 Å². The molecule has 0 spiro atoms. The van der Waals surface area contributed by atoms with Crippen molar-refractivity contribution in [2.45, 2.75) is 12.5 Å². The average molecular weight is 417 g/mol. The standard InChI is InChI=1S/C22H23N7O2/c1-23-18-13-29-19(25-18)7-8-20(26-29)28-10-9-15(12-28)24-21(30)16-11-14-5-3-4-6-17(14)27(2)22(16)31/h3-8,11,13,15,23H,9-10,12H2,1-2H3,(H,24,30)/t15-/m0/s1. The molecule has 4 heterocycles. The molecular weight excluding hydrogens is 394 g/mol. The van der Waals surface area contributed by atoms with E-state index in [1.54, 1.807) is 17.6 Å². The van der Waals surface area contributed by atoms with Crippen molar-refractivity contribution < 1.29 is 4.79 Å². The van der Waals surface area contributed by atoms with Gasteiger partial charge in [-0.1, -0.05) is 18.2 Å². The molecule has 31 heavy (non-hydrogen) atoms. The number of aryl methyl sites for hydroxylation is 1. The van der Waals surface area contributed by atoms with E-state index in [2.05, 4.69) is 25.6 Å². The van der Waals surface area contributed by atoms with E-state index in [9.17, 15) is 9.59 Å². The van der Waals surface area contributed by atoms with E-state index in [0.29, 0.717) is 6.54 Å². The number of amides is 1. The molecule has 1 aliphatic heterocycles. The van der Waals surface area contributed by atoms with Gasteiger partial charge in [-0.2, -0.15) is 0 Å². The van der Waals surface area contributed by atoms with E-state index in [1.165, 1.54) is 4.57 Å². The number of fused-ring (bicyclic) bond motifs is 2. The van der Waals surface area contributed by atoms with Gasteiger partial charge >= 0.3 is 0 Å². The summed E-state index contributed by atoms with van der Waals surface area (Å²) in [5.74, 6) is 1.24. The Bertz CT molecular complexity index is 1360. The highest BCUT2D eigenvalue weighted by molar-refractivity contribution is 5.97. The summed E-state index contributed by atoms with van der Waals surface area (Å²) < 4.78 is 3.26. The lowest BCUT2D eigenvalue weighted by Crippen LogP contribution is -2.40. The highest BCUT2D eigenvalue weighted by Crippen LogP contribution is 2.20. The summed E-state index contributed by atoms with van der Waals surface area (Å²) in [4.78, 5) is 32.1. The van der Waals surface area contributed by atoms with E-state index in [-0.39, 0.29) is 23.1 Å². The van der Waals surface area contributed by atoms with Gasteiger partial charge in [0.05, 0.1) is 11.7 Å². The van der Waals surface area contributed by atoms with Crippen LogP contribution in [0.25, 0.3) is 16.6 Å². The zero-order valence-electron chi connectivity index (χ0n) is 17.4. The Kier molecular flexibility index (Phi) is 4.58. The summed E-state index contributed by atoms with van der Waals surface area (Å²) in [6.07, 6.45) is 2.62. The molecule has 0 aliphatic carbocycles. The minimum Gasteiger partial charge on any atom is -0.372 e. The SMILES string of the molecule is CNc1cn2nc(N3CC[C@H](NC(=O)c4cc5ccccc5n(C)c4=O)C3)ccc2n1. The molecule has 1 amide bonds. The summed E-state index contributed by atoms with van der Waals surface area (Å²) >= 11 is 0. The monoisotopic (exact) mass is 417 g/mol. The van der Waals surface area contributed by atoms with Crippen LogP contribution in [0, 0.1) is 0 Å². The molecule has 158 valence electrons. The first kappa shape index (κ1) is 19.1. The quantitative estimate of drug-likeness (QED) is 0.524. The van der Waals surface area contributed by atoms with Gasteiger partial charge in [0.15, 0.2) is 5.65 Å². The molecule has 9 nitrogen and oxygen atoms in total. The first-order chi connectivity index (χ1) is 15.0. The number of carbonyl (C=O) groups excluding carboxylic acids is 1. The number of nitrogens with one attached hydrogen (secondary N) is 2. The van der Waals surface area contributed by atoms with Crippen LogP contribution in [0.15, 0.2) is 53.5 Å². The maximum atomic E-state index is 12.9. The third-order valence-corrected chi connectivity index (χ3v) is 5.79. The average Bonchev–Trinajstić information content (AvgIpc) is 3.42. The van der Waals surface area contributed by atoms with Crippen LogP contribution < -0.4 is 21.1 Å². The summed E-state index contributed by atoms with van der Waals surface area (Å²) in [6, 6.07) is 13.0. The predicted octanol–water partition coefficient (Wildman–Crippen LogP) is 1.63. The van der Waals surface area contributed by atoms with Gasteiger partial charge in [0.1, 0.15) is 17.2 Å². The van der Waals surface area contributed by atoms with E-state index < -0.39 is 0 Å². The Morgan fingerprint density at radius 2 is 2.03 bits per heavy atom. The highest BCUT2D eigenvalue weighted by Gasteiger charge is 2.26. The third kappa shape index (κ3) is 3.37.